The van der Waals surface area contributed by atoms with Gasteiger partial charge in [0.2, 0.25) is 0 Å². The number of amides is 2. The van der Waals surface area contributed by atoms with Gasteiger partial charge in [-0.2, -0.15) is 0 Å². The Bertz CT molecular complexity index is 1270. The predicted molar refractivity (Wildman–Crippen MR) is 121 cm³/mol. The summed E-state index contributed by atoms with van der Waals surface area (Å²) in [6.45, 7) is 2.08. The third kappa shape index (κ3) is 4.44. The van der Waals surface area contributed by atoms with Gasteiger partial charge in [0.1, 0.15) is 23.6 Å². The normalized spacial score (nSPS) is 10.8. The van der Waals surface area contributed by atoms with Crippen LogP contribution in [0, 0.1) is 0 Å². The molecule has 0 radical (unpaired) electrons. The molecule has 3 N–H and O–H groups in total. The smallest absolute Gasteiger partial charge is 0.271 e. The minimum Gasteiger partial charge on any atom is -0.457 e. The van der Waals surface area contributed by atoms with Gasteiger partial charge in [-0.1, -0.05) is 43.7 Å². The first-order chi connectivity index (χ1) is 15.6. The van der Waals surface area contributed by atoms with Crippen LogP contribution in [0.5, 0.6) is 11.5 Å². The van der Waals surface area contributed by atoms with E-state index in [1.807, 2.05) is 30.3 Å². The maximum Gasteiger partial charge on any atom is 0.271 e. The average molecular weight is 429 g/mol. The van der Waals surface area contributed by atoms with Crippen molar-refractivity contribution in [3.8, 4) is 11.5 Å². The Labute approximate surface area is 185 Å². The number of rotatable bonds is 8. The lowest BCUT2D eigenvalue weighted by atomic mass is 10.1. The largest absolute Gasteiger partial charge is 0.457 e. The molecule has 8 nitrogen and oxygen atoms in total. The zero-order chi connectivity index (χ0) is 22.5. The average Bonchev–Trinajstić information content (AvgIpc) is 3.23. The van der Waals surface area contributed by atoms with E-state index in [2.05, 4.69) is 22.2 Å². The Kier molecular flexibility index (Phi) is 6.12. The lowest BCUT2D eigenvalue weighted by Crippen LogP contribution is -2.17. The Morgan fingerprint density at radius 2 is 1.84 bits per heavy atom. The zero-order valence-corrected chi connectivity index (χ0v) is 17.6. The number of hydrogen-bond donors (Lipinski definition) is 2. The number of carbonyl (C=O) groups is 2. The fourth-order valence-corrected chi connectivity index (χ4v) is 3.32. The number of nitrogens with one attached hydrogen (secondary N) is 1. The van der Waals surface area contributed by atoms with Crippen LogP contribution in [0.25, 0.3) is 5.65 Å². The second-order valence-corrected chi connectivity index (χ2v) is 7.25. The van der Waals surface area contributed by atoms with Crippen molar-refractivity contribution in [2.75, 3.05) is 5.32 Å². The molecule has 4 rings (SSSR count). The van der Waals surface area contributed by atoms with Crippen LogP contribution >= 0.6 is 0 Å². The molecule has 0 spiro atoms. The second-order valence-electron chi connectivity index (χ2n) is 7.25. The first-order valence-electron chi connectivity index (χ1n) is 10.4. The van der Waals surface area contributed by atoms with Crippen molar-refractivity contribution < 1.29 is 14.3 Å². The van der Waals surface area contributed by atoms with Crippen LogP contribution in [-0.4, -0.2) is 26.2 Å². The molecule has 32 heavy (non-hydrogen) atoms. The lowest BCUT2D eigenvalue weighted by molar-refractivity contribution is 0.0995. The Morgan fingerprint density at radius 3 is 2.59 bits per heavy atom. The highest BCUT2D eigenvalue weighted by Crippen LogP contribution is 2.26. The number of benzene rings is 2. The summed E-state index contributed by atoms with van der Waals surface area (Å²) in [6.07, 6.45) is 4.03. The molecule has 0 aliphatic carbocycles. The van der Waals surface area contributed by atoms with E-state index in [0.717, 1.165) is 18.5 Å². The van der Waals surface area contributed by atoms with Crippen LogP contribution in [0.1, 0.15) is 46.3 Å². The topological polar surface area (TPSA) is 112 Å². The Balaban J connectivity index is 1.69. The van der Waals surface area contributed by atoms with Gasteiger partial charge in [-0.3, -0.25) is 14.0 Å². The van der Waals surface area contributed by atoms with E-state index < -0.39 is 5.91 Å². The standard InChI is InChI=1S/C24H23N5O3/c1-2-3-9-16-14-20(29-15-26-21(22(25)30)23(29)27-16)28-24(31)18-12-7-8-13-19(18)32-17-10-5-4-6-11-17/h4-8,10-15H,2-3,9H2,1H3,(H2,25,30)(H,28,31). The summed E-state index contributed by atoms with van der Waals surface area (Å²) in [7, 11) is 0. The van der Waals surface area contributed by atoms with Gasteiger partial charge in [-0.15, -0.1) is 0 Å². The highest BCUT2D eigenvalue weighted by Gasteiger charge is 2.19. The van der Waals surface area contributed by atoms with Gasteiger partial charge in [0.05, 0.1) is 5.56 Å². The molecule has 2 aromatic carbocycles. The van der Waals surface area contributed by atoms with Gasteiger partial charge in [0.15, 0.2) is 11.3 Å². The molecule has 0 bridgehead atoms. The molecule has 0 fully saturated rings. The molecular formula is C24H23N5O3. The predicted octanol–water partition coefficient (Wildman–Crippen LogP) is 4.22. The highest BCUT2D eigenvalue weighted by atomic mass is 16.5. The molecule has 0 aliphatic rings. The van der Waals surface area contributed by atoms with E-state index in [-0.39, 0.29) is 11.6 Å². The fraction of sp³-hybridized carbons (Fsp3) is 0.167. The van der Waals surface area contributed by atoms with Crippen LogP contribution in [0.3, 0.4) is 0 Å². The zero-order valence-electron chi connectivity index (χ0n) is 17.6. The Hall–Kier alpha value is -4.20. The molecule has 0 aliphatic heterocycles. The minimum atomic E-state index is -0.675. The molecule has 0 saturated heterocycles. The number of aryl methyl sites for hydroxylation is 1. The maximum absolute atomic E-state index is 13.2. The number of para-hydroxylation sites is 2. The van der Waals surface area contributed by atoms with Crippen LogP contribution in [0.4, 0.5) is 5.82 Å². The lowest BCUT2D eigenvalue weighted by Gasteiger charge is -2.13. The number of anilines is 1. The molecule has 162 valence electrons. The molecule has 2 amide bonds. The SMILES string of the molecule is CCCCc1cc(NC(=O)c2ccccc2Oc2ccccc2)n2cnc(C(N)=O)c2n1. The van der Waals surface area contributed by atoms with Crippen molar-refractivity contribution in [2.45, 2.75) is 26.2 Å². The maximum atomic E-state index is 13.2. The third-order valence-electron chi connectivity index (χ3n) is 4.92. The number of nitrogens with zero attached hydrogens (tertiary/aromatic N) is 3. The van der Waals surface area contributed by atoms with E-state index in [1.54, 1.807) is 34.7 Å². The van der Waals surface area contributed by atoms with Crippen LogP contribution < -0.4 is 15.8 Å². The summed E-state index contributed by atoms with van der Waals surface area (Å²) in [4.78, 5) is 33.6. The number of nitrogens with two attached hydrogens (primary N) is 1. The van der Waals surface area contributed by atoms with Gasteiger partial charge in [-0.05, 0) is 37.1 Å². The van der Waals surface area contributed by atoms with E-state index in [0.29, 0.717) is 34.9 Å². The number of aromatic nitrogens is 3. The molecule has 0 saturated carbocycles. The number of unbranched alkanes of at least 4 members (excludes halogenated alkanes) is 1. The minimum absolute atomic E-state index is 0.0617. The monoisotopic (exact) mass is 429 g/mol. The number of fused-ring (bicyclic) bond motifs is 1. The number of imidazole rings is 1. The number of ether oxygens (including phenoxy) is 1. The van der Waals surface area contributed by atoms with E-state index in [1.165, 1.54) is 6.33 Å². The second kappa shape index (κ2) is 9.30. The first-order valence-corrected chi connectivity index (χ1v) is 10.4. The van der Waals surface area contributed by atoms with Gasteiger partial charge in [-0.25, -0.2) is 9.97 Å². The van der Waals surface area contributed by atoms with Gasteiger partial charge in [0, 0.05) is 11.8 Å². The number of primary amides is 1. The Morgan fingerprint density at radius 1 is 1.09 bits per heavy atom. The summed E-state index contributed by atoms with van der Waals surface area (Å²) in [5, 5.41) is 2.91. The van der Waals surface area contributed by atoms with E-state index >= 15 is 0 Å². The molecule has 4 aromatic rings. The van der Waals surface area contributed by atoms with Gasteiger partial charge >= 0.3 is 0 Å². The van der Waals surface area contributed by atoms with Crippen molar-refractivity contribution in [3.63, 3.8) is 0 Å². The number of hydrogen-bond acceptors (Lipinski definition) is 5. The van der Waals surface area contributed by atoms with Crippen LogP contribution in [0.2, 0.25) is 0 Å². The summed E-state index contributed by atoms with van der Waals surface area (Å²) in [5.41, 5.74) is 6.94. The highest BCUT2D eigenvalue weighted by molar-refractivity contribution is 6.06. The number of carbonyl (C=O) groups excluding carboxylic acids is 2. The van der Waals surface area contributed by atoms with Crippen LogP contribution in [0.15, 0.2) is 67.0 Å². The quantitative estimate of drug-likeness (QED) is 0.436. The van der Waals surface area contributed by atoms with Crippen molar-refractivity contribution in [1.29, 1.82) is 0 Å². The van der Waals surface area contributed by atoms with Crippen LogP contribution in [-0.2, 0) is 6.42 Å². The first kappa shape index (κ1) is 21.0. The third-order valence-corrected chi connectivity index (χ3v) is 4.92. The van der Waals surface area contributed by atoms with Crippen molar-refractivity contribution >= 4 is 23.3 Å². The molecule has 0 atom stereocenters. The van der Waals surface area contributed by atoms with Gasteiger partial charge in [0.25, 0.3) is 11.8 Å². The van der Waals surface area contributed by atoms with Gasteiger partial charge < -0.3 is 15.8 Å². The molecule has 2 heterocycles. The van der Waals surface area contributed by atoms with Crippen molar-refractivity contribution in [3.05, 3.63) is 83.9 Å². The summed E-state index contributed by atoms with van der Waals surface area (Å²) in [5.74, 6) is 0.463. The fourth-order valence-electron chi connectivity index (χ4n) is 3.32. The molecule has 2 aromatic heterocycles. The van der Waals surface area contributed by atoms with Crippen molar-refractivity contribution in [2.24, 2.45) is 5.73 Å². The summed E-state index contributed by atoms with van der Waals surface area (Å²) < 4.78 is 7.46. The summed E-state index contributed by atoms with van der Waals surface area (Å²) in [6, 6.07) is 18.0. The molecule has 0 unspecified atom stereocenters. The van der Waals surface area contributed by atoms with E-state index in [4.69, 9.17) is 10.5 Å². The summed E-state index contributed by atoms with van der Waals surface area (Å²) >= 11 is 0. The van der Waals surface area contributed by atoms with E-state index in [9.17, 15) is 9.59 Å². The molecular weight excluding hydrogens is 406 g/mol. The molecule has 8 heteroatoms. The van der Waals surface area contributed by atoms with Crippen molar-refractivity contribution in [1.82, 2.24) is 14.4 Å².